The Morgan fingerprint density at radius 2 is 2.15 bits per heavy atom. The Morgan fingerprint density at radius 3 is 2.95 bits per heavy atom. The summed E-state index contributed by atoms with van der Waals surface area (Å²) in [6, 6.07) is 3.60. The van der Waals surface area contributed by atoms with Gasteiger partial charge in [-0.2, -0.15) is 10.1 Å². The molecule has 0 aliphatic rings. The second-order valence-corrected chi connectivity index (χ2v) is 5.16. The Bertz CT molecular complexity index is 909. The van der Waals surface area contributed by atoms with Crippen molar-refractivity contribution in [3.8, 4) is 0 Å². The van der Waals surface area contributed by atoms with Gasteiger partial charge in [0.1, 0.15) is 0 Å². The van der Waals surface area contributed by atoms with E-state index in [1.807, 2.05) is 6.07 Å². The number of hydrogen-bond donors (Lipinski definition) is 3. The summed E-state index contributed by atoms with van der Waals surface area (Å²) in [5.41, 5.74) is 5.75. The van der Waals surface area contributed by atoms with Crippen LogP contribution in [-0.2, 0) is 7.05 Å². The largest absolute Gasteiger partial charge is 0.398 e. The van der Waals surface area contributed by atoms with Gasteiger partial charge in [0.25, 0.3) is 0 Å². The van der Waals surface area contributed by atoms with Crippen LogP contribution in [0.15, 0.2) is 38.0 Å². The zero-order chi connectivity index (χ0) is 14.3. The Labute approximate surface area is 116 Å². The summed E-state index contributed by atoms with van der Waals surface area (Å²) in [5, 5.41) is 10.4. The molecule has 0 bridgehead atoms. The van der Waals surface area contributed by atoms with Crippen LogP contribution in [0.3, 0.4) is 0 Å². The lowest BCUT2D eigenvalue weighted by atomic mass is 10.2. The average molecular weight is 290 g/mol. The van der Waals surface area contributed by atoms with Gasteiger partial charge in [-0.25, -0.2) is 0 Å². The first-order chi connectivity index (χ1) is 9.54. The van der Waals surface area contributed by atoms with Crippen LogP contribution in [0.5, 0.6) is 0 Å². The summed E-state index contributed by atoms with van der Waals surface area (Å²) in [4.78, 5) is 26.9. The number of aromatic amines is 2. The van der Waals surface area contributed by atoms with E-state index in [4.69, 9.17) is 5.73 Å². The molecule has 8 nitrogen and oxygen atoms in total. The number of H-pyrrole nitrogens is 2. The van der Waals surface area contributed by atoms with E-state index in [0.717, 1.165) is 15.8 Å². The smallest absolute Gasteiger partial charge is 0.339 e. The molecular weight excluding hydrogens is 280 g/mol. The maximum Gasteiger partial charge on any atom is 0.339 e. The number of nitrogen functional groups attached to an aromatic ring is 1. The van der Waals surface area contributed by atoms with Gasteiger partial charge in [0, 0.05) is 23.0 Å². The van der Waals surface area contributed by atoms with Crippen LogP contribution >= 0.6 is 11.8 Å². The van der Waals surface area contributed by atoms with Gasteiger partial charge in [-0.05, 0) is 23.9 Å². The van der Waals surface area contributed by atoms with Crippen LogP contribution in [0.25, 0.3) is 10.9 Å². The van der Waals surface area contributed by atoms with E-state index in [2.05, 4.69) is 20.3 Å². The van der Waals surface area contributed by atoms with Crippen molar-refractivity contribution in [2.45, 2.75) is 10.1 Å². The number of hydrogen-bond acceptors (Lipinski definition) is 6. The first-order valence-electron chi connectivity index (χ1n) is 5.62. The molecule has 0 saturated heterocycles. The number of rotatable bonds is 2. The van der Waals surface area contributed by atoms with E-state index < -0.39 is 11.1 Å². The minimum Gasteiger partial charge on any atom is -0.398 e. The first kappa shape index (κ1) is 12.5. The summed E-state index contributed by atoms with van der Waals surface area (Å²) < 4.78 is 1.38. The van der Waals surface area contributed by atoms with Gasteiger partial charge in [-0.3, -0.25) is 24.5 Å². The molecule has 102 valence electrons. The number of nitrogens with two attached hydrogens (primary N) is 1. The molecule has 0 radical (unpaired) electrons. The lowest BCUT2D eigenvalue weighted by molar-refractivity contribution is 0.596. The van der Waals surface area contributed by atoms with Crippen LogP contribution in [-0.4, -0.2) is 25.0 Å². The van der Waals surface area contributed by atoms with E-state index in [1.54, 1.807) is 19.3 Å². The molecule has 3 rings (SSSR count). The molecule has 3 aromatic rings. The predicted molar refractivity (Wildman–Crippen MR) is 74.7 cm³/mol. The summed E-state index contributed by atoms with van der Waals surface area (Å²) in [7, 11) is 1.60. The van der Waals surface area contributed by atoms with E-state index in [9.17, 15) is 9.59 Å². The molecule has 0 fully saturated rings. The maximum absolute atomic E-state index is 11.3. The molecule has 4 N–H and O–H groups in total. The van der Waals surface area contributed by atoms with Gasteiger partial charge in [0.15, 0.2) is 5.16 Å². The maximum atomic E-state index is 11.3. The summed E-state index contributed by atoms with van der Waals surface area (Å²) in [6.07, 6.45) is 1.67. The lowest BCUT2D eigenvalue weighted by Gasteiger charge is -2.08. The van der Waals surface area contributed by atoms with Crippen LogP contribution in [0.4, 0.5) is 5.69 Å². The van der Waals surface area contributed by atoms with Crippen LogP contribution in [0.2, 0.25) is 0 Å². The van der Waals surface area contributed by atoms with Crippen LogP contribution < -0.4 is 16.9 Å². The Balaban J connectivity index is 2.09. The number of nitrogens with one attached hydrogen (secondary N) is 2. The number of benzene rings is 1. The number of aromatic nitrogens is 5. The topological polar surface area (TPSA) is 122 Å². The Hall–Kier alpha value is -2.55. The second-order valence-electron chi connectivity index (χ2n) is 4.15. The molecule has 0 atom stereocenters. The van der Waals surface area contributed by atoms with Crippen molar-refractivity contribution in [1.29, 1.82) is 0 Å². The zero-order valence-electron chi connectivity index (χ0n) is 10.4. The minimum absolute atomic E-state index is 0.347. The zero-order valence-corrected chi connectivity index (χ0v) is 11.2. The minimum atomic E-state index is -0.827. The third-order valence-corrected chi connectivity index (χ3v) is 3.84. The fourth-order valence-corrected chi connectivity index (χ4v) is 2.59. The molecule has 0 saturated carbocycles. The predicted octanol–water partition coefficient (Wildman–Crippen LogP) is 0.0783. The van der Waals surface area contributed by atoms with Crippen molar-refractivity contribution < 1.29 is 0 Å². The molecule has 0 unspecified atom stereocenters. The van der Waals surface area contributed by atoms with Crippen LogP contribution in [0, 0.1) is 0 Å². The third-order valence-electron chi connectivity index (χ3n) is 2.72. The number of anilines is 1. The van der Waals surface area contributed by atoms with Gasteiger partial charge < -0.3 is 5.73 Å². The van der Waals surface area contributed by atoms with E-state index in [-0.39, 0.29) is 0 Å². The molecule has 0 amide bonds. The fourth-order valence-electron chi connectivity index (χ4n) is 1.73. The van der Waals surface area contributed by atoms with E-state index in [1.165, 1.54) is 16.4 Å². The Morgan fingerprint density at radius 1 is 1.35 bits per heavy atom. The monoisotopic (exact) mass is 290 g/mol. The van der Waals surface area contributed by atoms with Crippen molar-refractivity contribution in [3.63, 3.8) is 0 Å². The third kappa shape index (κ3) is 2.07. The number of fused-ring (bicyclic) bond motifs is 1. The van der Waals surface area contributed by atoms with E-state index in [0.29, 0.717) is 10.8 Å². The average Bonchev–Trinajstić information content (AvgIpc) is 2.83. The van der Waals surface area contributed by atoms with Crippen molar-refractivity contribution in [2.75, 3.05) is 5.73 Å². The summed E-state index contributed by atoms with van der Waals surface area (Å²) in [6.45, 7) is 0. The summed E-state index contributed by atoms with van der Waals surface area (Å²) in [5.74, 6) is 0. The molecule has 0 aliphatic heterocycles. The fraction of sp³-hybridized carbons (Fsp3) is 0.0909. The molecule has 1 aromatic carbocycles. The molecule has 2 aromatic heterocycles. The van der Waals surface area contributed by atoms with Gasteiger partial charge in [-0.1, -0.05) is 0 Å². The highest BCUT2D eigenvalue weighted by Crippen LogP contribution is 2.32. The molecule has 9 heteroatoms. The molecule has 2 heterocycles. The van der Waals surface area contributed by atoms with Gasteiger partial charge in [0.05, 0.1) is 11.7 Å². The lowest BCUT2D eigenvalue weighted by Crippen LogP contribution is -2.33. The Kier molecular flexibility index (Phi) is 2.83. The van der Waals surface area contributed by atoms with Crippen molar-refractivity contribution in [2.24, 2.45) is 7.05 Å². The van der Waals surface area contributed by atoms with Gasteiger partial charge in [-0.15, -0.1) is 0 Å². The van der Waals surface area contributed by atoms with Crippen molar-refractivity contribution >= 4 is 28.4 Å². The standard InChI is InChI=1S/C11H10N6O2S/c1-17-11(14-9(18)10(19)16-17)20-8-3-7-5(2-6(8)12)4-13-15-7/h2-4H,12H2,1H3,(H,13,15)(H,16,19). The normalized spacial score (nSPS) is 11.1. The number of nitrogens with zero attached hydrogens (tertiary/aromatic N) is 3. The quantitative estimate of drug-likeness (QED) is 0.453. The highest BCUT2D eigenvalue weighted by molar-refractivity contribution is 7.99. The molecule has 20 heavy (non-hydrogen) atoms. The number of aryl methyl sites for hydroxylation is 1. The SMILES string of the molecule is Cn1[nH]c(=O)c(=O)nc1Sc1cc2[nH]ncc2cc1N. The van der Waals surface area contributed by atoms with E-state index >= 15 is 0 Å². The van der Waals surface area contributed by atoms with Crippen LogP contribution in [0.1, 0.15) is 0 Å². The first-order valence-corrected chi connectivity index (χ1v) is 6.44. The highest BCUT2D eigenvalue weighted by Gasteiger charge is 2.10. The van der Waals surface area contributed by atoms with Gasteiger partial charge >= 0.3 is 11.1 Å². The molecular formula is C11H10N6O2S. The van der Waals surface area contributed by atoms with Gasteiger partial charge in [0.2, 0.25) is 0 Å². The summed E-state index contributed by atoms with van der Waals surface area (Å²) >= 11 is 1.19. The van der Waals surface area contributed by atoms with Crippen molar-refractivity contribution in [1.82, 2.24) is 25.0 Å². The molecule has 0 spiro atoms. The second kappa shape index (κ2) is 4.53. The van der Waals surface area contributed by atoms with Crippen molar-refractivity contribution in [3.05, 3.63) is 39.0 Å². The highest BCUT2D eigenvalue weighted by atomic mass is 32.2. The molecule has 0 aliphatic carbocycles.